The zero-order chi connectivity index (χ0) is 21.6. The topological polar surface area (TPSA) is 70.5 Å². The van der Waals surface area contributed by atoms with Crippen molar-refractivity contribution >= 4 is 17.3 Å². The smallest absolute Gasteiger partial charge is 0.422 e. The summed E-state index contributed by atoms with van der Waals surface area (Å²) in [4.78, 5) is 19.9. The molecule has 6 nitrogen and oxygen atoms in total. The predicted octanol–water partition coefficient (Wildman–Crippen LogP) is 4.55. The third-order valence-corrected chi connectivity index (χ3v) is 4.35. The molecule has 2 heterocycles. The highest BCUT2D eigenvalue weighted by atomic mass is 32.1. The number of carbonyl (C=O) groups excluding carboxylic acids is 1. The lowest BCUT2D eigenvalue weighted by molar-refractivity contribution is -0.154. The monoisotopic (exact) mass is 442 g/mol. The number of benzene rings is 1. The Morgan fingerprint density at radius 3 is 2.47 bits per heavy atom. The average Bonchev–Trinajstić information content (AvgIpc) is 3.18. The number of hydrogen-bond donors (Lipinski definition) is 0. The molecule has 3 aromatic rings. The molecule has 0 aliphatic rings. The average molecular weight is 442 g/mol. The van der Waals surface area contributed by atoms with Crippen LogP contribution in [0.5, 0.6) is 11.6 Å². The molecule has 0 N–H and O–H groups in total. The molecular weight excluding hydrogens is 428 g/mol. The number of alkyl halides is 3. The zero-order valence-electron chi connectivity index (χ0n) is 15.2. The molecule has 3 rings (SSSR count). The number of carbonyl (C=O) groups is 1. The fraction of sp³-hybridized carbons (Fsp3) is 0.211. The summed E-state index contributed by atoms with van der Waals surface area (Å²) in [6, 6.07) is 7.97. The van der Waals surface area contributed by atoms with Crippen LogP contribution < -0.4 is 9.47 Å². The number of hydrogen-bond acceptors (Lipinski definition) is 7. The molecular formula is C19H14F4N2O4S. The van der Waals surface area contributed by atoms with Gasteiger partial charge in [0.1, 0.15) is 29.8 Å². The Morgan fingerprint density at radius 2 is 1.80 bits per heavy atom. The molecule has 0 aliphatic carbocycles. The van der Waals surface area contributed by atoms with Crippen molar-refractivity contribution in [3.8, 4) is 11.6 Å². The van der Waals surface area contributed by atoms with Crippen LogP contribution in [-0.2, 0) is 18.0 Å². The Kier molecular flexibility index (Phi) is 6.83. The fourth-order valence-electron chi connectivity index (χ4n) is 2.12. The molecule has 0 saturated heterocycles. The van der Waals surface area contributed by atoms with Crippen LogP contribution in [0.25, 0.3) is 0 Å². The van der Waals surface area contributed by atoms with Crippen LogP contribution in [0.4, 0.5) is 17.6 Å². The summed E-state index contributed by atoms with van der Waals surface area (Å²) < 4.78 is 64.3. The van der Waals surface area contributed by atoms with Gasteiger partial charge in [0.05, 0.1) is 11.3 Å². The zero-order valence-corrected chi connectivity index (χ0v) is 16.0. The van der Waals surface area contributed by atoms with E-state index in [1.165, 1.54) is 41.7 Å². The first-order valence-electron chi connectivity index (χ1n) is 8.43. The summed E-state index contributed by atoms with van der Waals surface area (Å²) in [5, 5.41) is 2.33. The lowest BCUT2D eigenvalue weighted by Gasteiger charge is -2.08. The number of ether oxygens (including phenoxy) is 3. The van der Waals surface area contributed by atoms with E-state index in [1.807, 2.05) is 0 Å². The number of esters is 1. The van der Waals surface area contributed by atoms with E-state index in [0.717, 1.165) is 12.3 Å². The molecule has 0 unspecified atom stereocenters. The summed E-state index contributed by atoms with van der Waals surface area (Å²) in [7, 11) is 0. The molecule has 1 aromatic carbocycles. The third kappa shape index (κ3) is 6.69. The van der Waals surface area contributed by atoms with E-state index >= 15 is 0 Å². The molecule has 0 fully saturated rings. The Bertz CT molecular complexity index is 975. The van der Waals surface area contributed by atoms with Gasteiger partial charge >= 0.3 is 12.1 Å². The third-order valence-electron chi connectivity index (χ3n) is 3.48. The first-order chi connectivity index (χ1) is 14.3. The first-order valence-corrected chi connectivity index (χ1v) is 9.31. The van der Waals surface area contributed by atoms with Crippen molar-refractivity contribution < 1.29 is 36.6 Å². The van der Waals surface area contributed by atoms with E-state index in [2.05, 4.69) is 14.7 Å². The van der Waals surface area contributed by atoms with Gasteiger partial charge in [0.25, 0.3) is 0 Å². The summed E-state index contributed by atoms with van der Waals surface area (Å²) in [5.41, 5.74) is 0.564. The fourth-order valence-corrected chi connectivity index (χ4v) is 2.81. The van der Waals surface area contributed by atoms with Crippen molar-refractivity contribution in [3.05, 3.63) is 70.1 Å². The standard InChI is InChI=1S/C19H14F4N2O4S/c20-13-2-4-15(5-3-13)27-9-17-25-14(10-30-17)8-28-18(26)12-1-6-16(24-7-12)29-11-19(21,22)23/h1-7,10H,8-9,11H2. The van der Waals surface area contributed by atoms with Gasteiger partial charge in [0.15, 0.2) is 6.61 Å². The number of halogens is 4. The SMILES string of the molecule is O=C(OCc1csc(COc2ccc(F)cc2)n1)c1ccc(OCC(F)(F)F)nc1. The van der Waals surface area contributed by atoms with Gasteiger partial charge < -0.3 is 14.2 Å². The predicted molar refractivity (Wildman–Crippen MR) is 97.8 cm³/mol. The van der Waals surface area contributed by atoms with Crippen molar-refractivity contribution in [3.63, 3.8) is 0 Å². The van der Waals surface area contributed by atoms with E-state index in [-0.39, 0.29) is 30.5 Å². The quantitative estimate of drug-likeness (QED) is 0.377. The molecule has 2 aromatic heterocycles. The number of pyridine rings is 1. The maximum atomic E-state index is 12.9. The van der Waals surface area contributed by atoms with Gasteiger partial charge in [-0.3, -0.25) is 0 Å². The molecule has 11 heteroatoms. The minimum absolute atomic E-state index is 0.0597. The van der Waals surface area contributed by atoms with Crippen LogP contribution in [0.2, 0.25) is 0 Å². The van der Waals surface area contributed by atoms with Gasteiger partial charge in [-0.1, -0.05) is 0 Å². The summed E-state index contributed by atoms with van der Waals surface area (Å²) in [6.07, 6.45) is -3.41. The minimum Gasteiger partial charge on any atom is -0.486 e. The lowest BCUT2D eigenvalue weighted by atomic mass is 10.3. The molecule has 0 aliphatic heterocycles. The normalized spacial score (nSPS) is 11.2. The number of thiazole rings is 1. The van der Waals surface area contributed by atoms with Crippen LogP contribution in [0, 0.1) is 5.82 Å². The van der Waals surface area contributed by atoms with Gasteiger partial charge in [-0.15, -0.1) is 11.3 Å². The summed E-state index contributed by atoms with van der Waals surface area (Å²) in [5.74, 6) is -0.828. The number of rotatable bonds is 8. The number of aromatic nitrogens is 2. The molecule has 0 spiro atoms. The molecule has 0 atom stereocenters. The van der Waals surface area contributed by atoms with Gasteiger partial charge in [0.2, 0.25) is 5.88 Å². The highest BCUT2D eigenvalue weighted by Crippen LogP contribution is 2.18. The summed E-state index contributed by atoms with van der Waals surface area (Å²) in [6.45, 7) is -1.40. The van der Waals surface area contributed by atoms with E-state index in [4.69, 9.17) is 9.47 Å². The Balaban J connectivity index is 1.46. The van der Waals surface area contributed by atoms with Crippen LogP contribution >= 0.6 is 11.3 Å². The van der Waals surface area contributed by atoms with Crippen LogP contribution in [0.3, 0.4) is 0 Å². The van der Waals surface area contributed by atoms with Crippen LogP contribution in [0.15, 0.2) is 48.0 Å². The molecule has 0 radical (unpaired) electrons. The molecule has 0 bridgehead atoms. The second-order valence-corrected chi connectivity index (χ2v) is 6.78. The first kappa shape index (κ1) is 21.5. The Labute approximate surface area is 172 Å². The second-order valence-electron chi connectivity index (χ2n) is 5.84. The Morgan fingerprint density at radius 1 is 1.03 bits per heavy atom. The molecule has 158 valence electrons. The van der Waals surface area contributed by atoms with E-state index in [1.54, 1.807) is 5.38 Å². The van der Waals surface area contributed by atoms with Crippen molar-refractivity contribution in [2.45, 2.75) is 19.4 Å². The van der Waals surface area contributed by atoms with Gasteiger partial charge in [-0.25, -0.2) is 19.2 Å². The van der Waals surface area contributed by atoms with E-state index in [0.29, 0.717) is 16.5 Å². The van der Waals surface area contributed by atoms with E-state index < -0.39 is 18.8 Å². The van der Waals surface area contributed by atoms with Crippen molar-refractivity contribution in [2.75, 3.05) is 6.61 Å². The highest BCUT2D eigenvalue weighted by molar-refractivity contribution is 7.09. The lowest BCUT2D eigenvalue weighted by Crippen LogP contribution is -2.19. The molecule has 0 amide bonds. The molecule has 0 saturated carbocycles. The molecule has 30 heavy (non-hydrogen) atoms. The van der Waals surface area contributed by atoms with Crippen molar-refractivity contribution in [1.82, 2.24) is 9.97 Å². The van der Waals surface area contributed by atoms with Crippen LogP contribution in [-0.4, -0.2) is 28.7 Å². The maximum absolute atomic E-state index is 12.9. The largest absolute Gasteiger partial charge is 0.486 e. The Hall–Kier alpha value is -3.21. The van der Waals surface area contributed by atoms with Gasteiger partial charge in [-0.05, 0) is 30.3 Å². The summed E-state index contributed by atoms with van der Waals surface area (Å²) >= 11 is 1.31. The van der Waals surface area contributed by atoms with E-state index in [9.17, 15) is 22.4 Å². The highest BCUT2D eigenvalue weighted by Gasteiger charge is 2.28. The second kappa shape index (κ2) is 9.53. The number of nitrogens with zero attached hydrogens (tertiary/aromatic N) is 2. The van der Waals surface area contributed by atoms with Crippen LogP contribution in [0.1, 0.15) is 21.1 Å². The van der Waals surface area contributed by atoms with Crippen molar-refractivity contribution in [2.24, 2.45) is 0 Å². The maximum Gasteiger partial charge on any atom is 0.422 e. The van der Waals surface area contributed by atoms with Gasteiger partial charge in [0, 0.05) is 17.6 Å². The van der Waals surface area contributed by atoms with Gasteiger partial charge in [-0.2, -0.15) is 13.2 Å². The minimum atomic E-state index is -4.48. The van der Waals surface area contributed by atoms with Crippen molar-refractivity contribution in [1.29, 1.82) is 0 Å².